The Kier molecular flexibility index (Phi) is 4.63. The fourth-order valence-corrected chi connectivity index (χ4v) is 2.61. The molecule has 0 aliphatic rings. The summed E-state index contributed by atoms with van der Waals surface area (Å²) < 4.78 is 10.8. The van der Waals surface area contributed by atoms with Crippen molar-refractivity contribution in [3.63, 3.8) is 0 Å². The molecule has 0 aliphatic heterocycles. The molecule has 3 aromatic rings. The number of H-pyrrole nitrogens is 1. The van der Waals surface area contributed by atoms with E-state index in [1.54, 1.807) is 19.9 Å². The topological polar surface area (TPSA) is 133 Å². The Labute approximate surface area is 153 Å². The van der Waals surface area contributed by atoms with Crippen LogP contribution in [0, 0.1) is 20.2 Å². The van der Waals surface area contributed by atoms with Crippen LogP contribution in [0.15, 0.2) is 30.3 Å². The van der Waals surface area contributed by atoms with Crippen molar-refractivity contribution in [2.45, 2.75) is 20.0 Å². The van der Waals surface area contributed by atoms with Gasteiger partial charge in [0.2, 0.25) is 5.75 Å². The average molecular weight is 372 g/mol. The van der Waals surface area contributed by atoms with Crippen molar-refractivity contribution < 1.29 is 19.3 Å². The minimum Gasteiger partial charge on any atom is -0.493 e. The summed E-state index contributed by atoms with van der Waals surface area (Å²) in [5.74, 6) is 0.551. The molecule has 10 nitrogen and oxygen atoms in total. The number of nitro groups is 2. The van der Waals surface area contributed by atoms with Crippen LogP contribution in [0.2, 0.25) is 0 Å². The molecule has 140 valence electrons. The van der Waals surface area contributed by atoms with Crippen LogP contribution in [0.3, 0.4) is 0 Å². The normalized spacial score (nSPS) is 11.0. The number of benzene rings is 2. The van der Waals surface area contributed by atoms with E-state index >= 15 is 0 Å². The number of nitrogens with zero attached hydrogens (tertiary/aromatic N) is 3. The first kappa shape index (κ1) is 18.1. The molecule has 1 N–H and O–H groups in total. The lowest BCUT2D eigenvalue weighted by Crippen LogP contribution is -2.09. The summed E-state index contributed by atoms with van der Waals surface area (Å²) in [7, 11) is 1.39. The van der Waals surface area contributed by atoms with Crippen LogP contribution in [0.1, 0.15) is 13.8 Å². The third-order valence-electron chi connectivity index (χ3n) is 3.76. The maximum atomic E-state index is 11.5. The van der Waals surface area contributed by atoms with Crippen molar-refractivity contribution in [3.05, 3.63) is 50.6 Å². The van der Waals surface area contributed by atoms with E-state index in [9.17, 15) is 20.2 Å². The molecule has 3 rings (SSSR count). The van der Waals surface area contributed by atoms with Crippen molar-refractivity contribution in [3.8, 4) is 22.9 Å². The van der Waals surface area contributed by atoms with E-state index in [0.29, 0.717) is 22.4 Å². The maximum Gasteiger partial charge on any atom is 0.315 e. The summed E-state index contributed by atoms with van der Waals surface area (Å²) >= 11 is 0. The highest BCUT2D eigenvalue weighted by atomic mass is 16.6. The van der Waals surface area contributed by atoms with Crippen LogP contribution in [-0.2, 0) is 0 Å². The second-order valence-electron chi connectivity index (χ2n) is 5.99. The SMILES string of the molecule is COc1cc(-c2nc3ccc([N+](=O)[O-])cc3[nH]2)cc([N+](=O)[O-])c1OC(C)C. The number of rotatable bonds is 6. The van der Waals surface area contributed by atoms with E-state index in [1.807, 2.05) is 0 Å². The Morgan fingerprint density at radius 3 is 2.44 bits per heavy atom. The van der Waals surface area contributed by atoms with E-state index in [2.05, 4.69) is 9.97 Å². The molecule has 0 atom stereocenters. The van der Waals surface area contributed by atoms with Gasteiger partial charge in [-0.1, -0.05) is 0 Å². The van der Waals surface area contributed by atoms with Gasteiger partial charge in [-0.15, -0.1) is 0 Å². The molecule has 1 heterocycles. The van der Waals surface area contributed by atoms with Crippen LogP contribution in [0.5, 0.6) is 11.5 Å². The Hall–Kier alpha value is -3.69. The minimum atomic E-state index is -0.558. The number of imidazole rings is 1. The molecule has 0 saturated heterocycles. The van der Waals surface area contributed by atoms with Gasteiger partial charge in [-0.3, -0.25) is 20.2 Å². The Bertz CT molecular complexity index is 1040. The van der Waals surface area contributed by atoms with E-state index in [-0.39, 0.29) is 29.0 Å². The van der Waals surface area contributed by atoms with Gasteiger partial charge in [-0.2, -0.15) is 0 Å². The summed E-state index contributed by atoms with van der Waals surface area (Å²) in [5, 5.41) is 22.4. The van der Waals surface area contributed by atoms with Gasteiger partial charge in [0, 0.05) is 23.8 Å². The van der Waals surface area contributed by atoms with E-state index in [4.69, 9.17) is 9.47 Å². The largest absolute Gasteiger partial charge is 0.493 e. The lowest BCUT2D eigenvalue weighted by atomic mass is 10.1. The molecule has 0 unspecified atom stereocenters. The van der Waals surface area contributed by atoms with Crippen LogP contribution in [0.25, 0.3) is 22.4 Å². The van der Waals surface area contributed by atoms with Crippen molar-refractivity contribution in [1.29, 1.82) is 0 Å². The highest BCUT2D eigenvalue weighted by molar-refractivity contribution is 5.82. The maximum absolute atomic E-state index is 11.5. The van der Waals surface area contributed by atoms with Gasteiger partial charge in [0.05, 0.1) is 34.1 Å². The van der Waals surface area contributed by atoms with Crippen molar-refractivity contribution in [1.82, 2.24) is 9.97 Å². The van der Waals surface area contributed by atoms with Gasteiger partial charge in [0.1, 0.15) is 5.82 Å². The molecular weight excluding hydrogens is 356 g/mol. The number of nitrogens with one attached hydrogen (secondary N) is 1. The summed E-state index contributed by atoms with van der Waals surface area (Å²) in [5.41, 5.74) is 1.00. The van der Waals surface area contributed by atoms with Gasteiger partial charge < -0.3 is 14.5 Å². The molecule has 0 saturated carbocycles. The Balaban J connectivity index is 2.16. The second kappa shape index (κ2) is 6.90. The minimum absolute atomic E-state index is 0.0352. The van der Waals surface area contributed by atoms with E-state index in [0.717, 1.165) is 0 Å². The summed E-state index contributed by atoms with van der Waals surface area (Å²) in [6, 6.07) is 7.10. The number of aromatic nitrogens is 2. The first-order valence-corrected chi connectivity index (χ1v) is 7.97. The quantitative estimate of drug-likeness (QED) is 0.513. The van der Waals surface area contributed by atoms with Crippen LogP contribution in [-0.4, -0.2) is 33.0 Å². The summed E-state index contributed by atoms with van der Waals surface area (Å²) in [6.45, 7) is 3.51. The highest BCUT2D eigenvalue weighted by Gasteiger charge is 2.24. The number of aromatic amines is 1. The molecular formula is C17H16N4O6. The number of hydrogen-bond donors (Lipinski definition) is 1. The van der Waals surface area contributed by atoms with Gasteiger partial charge in [-0.25, -0.2) is 4.98 Å². The molecule has 0 radical (unpaired) electrons. The fraction of sp³-hybridized carbons (Fsp3) is 0.235. The van der Waals surface area contributed by atoms with Crippen molar-refractivity contribution in [2.24, 2.45) is 0 Å². The van der Waals surface area contributed by atoms with Crippen LogP contribution < -0.4 is 9.47 Å². The number of fused-ring (bicyclic) bond motifs is 1. The van der Waals surface area contributed by atoms with Gasteiger partial charge >= 0.3 is 5.69 Å². The van der Waals surface area contributed by atoms with Crippen molar-refractivity contribution in [2.75, 3.05) is 7.11 Å². The molecule has 0 fully saturated rings. The third kappa shape index (κ3) is 3.50. The molecule has 27 heavy (non-hydrogen) atoms. The van der Waals surface area contributed by atoms with Crippen molar-refractivity contribution >= 4 is 22.4 Å². The number of ether oxygens (including phenoxy) is 2. The standard InChI is InChI=1S/C17H16N4O6/c1-9(2)27-16-14(21(24)25)6-10(7-15(16)26-3)17-18-12-5-4-11(20(22)23)8-13(12)19-17/h4-9H,1-3H3,(H,18,19). The molecule has 0 aliphatic carbocycles. The third-order valence-corrected chi connectivity index (χ3v) is 3.76. The van der Waals surface area contributed by atoms with Gasteiger partial charge in [0.15, 0.2) is 5.75 Å². The average Bonchev–Trinajstić information content (AvgIpc) is 3.04. The number of methoxy groups -OCH3 is 1. The van der Waals surface area contributed by atoms with E-state index in [1.165, 1.54) is 31.4 Å². The monoisotopic (exact) mass is 372 g/mol. The molecule has 10 heteroatoms. The zero-order chi connectivity index (χ0) is 19.7. The molecule has 0 amide bonds. The van der Waals surface area contributed by atoms with Gasteiger partial charge in [-0.05, 0) is 26.0 Å². The molecule has 2 aromatic carbocycles. The highest BCUT2D eigenvalue weighted by Crippen LogP contribution is 2.41. The van der Waals surface area contributed by atoms with E-state index < -0.39 is 9.85 Å². The first-order valence-electron chi connectivity index (χ1n) is 7.97. The molecule has 0 spiro atoms. The van der Waals surface area contributed by atoms with Crippen LogP contribution in [0.4, 0.5) is 11.4 Å². The number of nitro benzene ring substituents is 2. The molecule has 1 aromatic heterocycles. The lowest BCUT2D eigenvalue weighted by molar-refractivity contribution is -0.386. The Morgan fingerprint density at radius 2 is 1.85 bits per heavy atom. The predicted molar refractivity (Wildman–Crippen MR) is 97.2 cm³/mol. The first-order chi connectivity index (χ1) is 12.8. The second-order valence-corrected chi connectivity index (χ2v) is 5.99. The Morgan fingerprint density at radius 1 is 1.11 bits per heavy atom. The zero-order valence-corrected chi connectivity index (χ0v) is 14.8. The number of hydrogen-bond acceptors (Lipinski definition) is 7. The summed E-state index contributed by atoms with van der Waals surface area (Å²) in [4.78, 5) is 28.7. The predicted octanol–water partition coefficient (Wildman–Crippen LogP) is 3.84. The lowest BCUT2D eigenvalue weighted by Gasteiger charge is -2.14. The number of non-ortho nitro benzene ring substituents is 1. The summed E-state index contributed by atoms with van der Waals surface area (Å²) in [6.07, 6.45) is -0.282. The smallest absolute Gasteiger partial charge is 0.315 e. The fourth-order valence-electron chi connectivity index (χ4n) is 2.61. The zero-order valence-electron chi connectivity index (χ0n) is 14.8. The molecule has 0 bridgehead atoms. The van der Waals surface area contributed by atoms with Crippen LogP contribution >= 0.6 is 0 Å². The van der Waals surface area contributed by atoms with Gasteiger partial charge in [0.25, 0.3) is 5.69 Å².